The van der Waals surface area contributed by atoms with Crippen molar-refractivity contribution in [2.75, 3.05) is 0 Å². The predicted molar refractivity (Wildman–Crippen MR) is 113 cm³/mol. The van der Waals surface area contributed by atoms with E-state index in [0.717, 1.165) is 41.9 Å². The Bertz CT molecular complexity index is 959. The van der Waals surface area contributed by atoms with Crippen LogP contribution in [0.4, 0.5) is 0 Å². The fraction of sp³-hybridized carbons (Fsp3) is 0.375. The number of ether oxygens (including phenoxy) is 1. The van der Waals surface area contributed by atoms with Crippen LogP contribution in [0, 0.1) is 25.2 Å². The highest BCUT2D eigenvalue weighted by Gasteiger charge is 2.22. The zero-order valence-corrected chi connectivity index (χ0v) is 17.8. The third kappa shape index (κ3) is 5.23. The molecule has 1 aromatic heterocycles. The molecule has 1 heterocycles. The minimum absolute atomic E-state index is 0.122. The van der Waals surface area contributed by atoms with Gasteiger partial charge in [0.25, 0.3) is 0 Å². The fourth-order valence-corrected chi connectivity index (χ4v) is 3.25. The lowest BCUT2D eigenvalue weighted by molar-refractivity contribution is -0.141. The van der Waals surface area contributed by atoms with Crippen molar-refractivity contribution in [3.63, 3.8) is 0 Å². The summed E-state index contributed by atoms with van der Waals surface area (Å²) in [4.78, 5) is 25.0. The van der Waals surface area contributed by atoms with Crippen molar-refractivity contribution in [2.45, 2.75) is 60.1 Å². The third-order valence-electron chi connectivity index (χ3n) is 5.00. The minimum Gasteiger partial charge on any atom is -0.450 e. The highest BCUT2D eigenvalue weighted by atomic mass is 16.5. The lowest BCUT2D eigenvalue weighted by Gasteiger charge is -2.12. The van der Waals surface area contributed by atoms with Crippen LogP contribution in [0.3, 0.4) is 0 Å². The minimum atomic E-state index is -0.973. The zero-order valence-electron chi connectivity index (χ0n) is 17.8. The van der Waals surface area contributed by atoms with Gasteiger partial charge in [-0.1, -0.05) is 38.1 Å². The van der Waals surface area contributed by atoms with Gasteiger partial charge in [0.2, 0.25) is 5.78 Å². The van der Waals surface area contributed by atoms with E-state index in [1.807, 2.05) is 45.0 Å². The van der Waals surface area contributed by atoms with Gasteiger partial charge in [-0.15, -0.1) is 0 Å². The molecule has 0 fully saturated rings. The number of aryl methyl sites for hydroxylation is 2. The topological polar surface area (TPSA) is 72.1 Å². The quantitative estimate of drug-likeness (QED) is 0.280. The molecule has 5 nitrogen and oxygen atoms in total. The summed E-state index contributed by atoms with van der Waals surface area (Å²) in [5, 5.41) is 9.44. The molecule has 0 saturated carbocycles. The number of hydrogen-bond donors (Lipinski definition) is 0. The van der Waals surface area contributed by atoms with Gasteiger partial charge in [-0.3, -0.25) is 4.79 Å². The average Bonchev–Trinajstić information content (AvgIpc) is 2.98. The Morgan fingerprint density at radius 1 is 1.21 bits per heavy atom. The standard InChI is InChI=1S/C24H28N2O3/c1-6-12-26-16(3)13-21(17(26)4)14-22(15-25)24(28)29-18(5)23(27)20-10-8-19(7-2)9-11-20/h8-11,13-14,18H,6-7,12H2,1-5H3/b22-14+/t18-/m1/s1. The Labute approximate surface area is 172 Å². The molecular formula is C24H28N2O3. The number of carbonyl (C=O) groups is 2. The summed E-state index contributed by atoms with van der Waals surface area (Å²) >= 11 is 0. The molecule has 0 spiro atoms. The van der Waals surface area contributed by atoms with Crippen molar-refractivity contribution in [3.05, 3.63) is 64.0 Å². The molecule has 0 N–H and O–H groups in total. The van der Waals surface area contributed by atoms with Crippen LogP contribution >= 0.6 is 0 Å². The number of esters is 1. The Morgan fingerprint density at radius 3 is 2.41 bits per heavy atom. The van der Waals surface area contributed by atoms with Crippen LogP contribution in [0.15, 0.2) is 35.9 Å². The van der Waals surface area contributed by atoms with Gasteiger partial charge < -0.3 is 9.30 Å². The second kappa shape index (κ2) is 9.88. The van der Waals surface area contributed by atoms with E-state index in [9.17, 15) is 14.9 Å². The first-order valence-corrected chi connectivity index (χ1v) is 9.94. The van der Waals surface area contributed by atoms with Crippen molar-refractivity contribution in [2.24, 2.45) is 0 Å². The second-order valence-corrected chi connectivity index (χ2v) is 7.11. The van der Waals surface area contributed by atoms with E-state index >= 15 is 0 Å². The zero-order chi connectivity index (χ0) is 21.6. The summed E-state index contributed by atoms with van der Waals surface area (Å²) in [6.45, 7) is 10.5. The summed E-state index contributed by atoms with van der Waals surface area (Å²) in [5.74, 6) is -1.08. The number of hydrogen-bond acceptors (Lipinski definition) is 4. The maximum Gasteiger partial charge on any atom is 0.349 e. The summed E-state index contributed by atoms with van der Waals surface area (Å²) in [6, 6.07) is 11.1. The third-order valence-corrected chi connectivity index (χ3v) is 5.00. The van der Waals surface area contributed by atoms with Gasteiger partial charge in [0.1, 0.15) is 11.6 Å². The van der Waals surface area contributed by atoms with Gasteiger partial charge in [0.15, 0.2) is 6.10 Å². The predicted octanol–water partition coefficient (Wildman–Crippen LogP) is 4.80. The van der Waals surface area contributed by atoms with Gasteiger partial charge in [0.05, 0.1) is 0 Å². The lowest BCUT2D eigenvalue weighted by atomic mass is 10.0. The van der Waals surface area contributed by atoms with E-state index in [0.29, 0.717) is 5.56 Å². The van der Waals surface area contributed by atoms with Crippen molar-refractivity contribution in [1.29, 1.82) is 5.26 Å². The average molecular weight is 392 g/mol. The van der Waals surface area contributed by atoms with Crippen LogP contribution in [-0.4, -0.2) is 22.4 Å². The molecule has 1 aromatic carbocycles. The molecule has 0 amide bonds. The smallest absolute Gasteiger partial charge is 0.349 e. The maximum atomic E-state index is 12.5. The van der Waals surface area contributed by atoms with Crippen LogP contribution in [0.5, 0.6) is 0 Å². The largest absolute Gasteiger partial charge is 0.450 e. The van der Waals surface area contributed by atoms with Crippen molar-refractivity contribution in [3.8, 4) is 6.07 Å². The Kier molecular flexibility index (Phi) is 7.55. The molecule has 2 aromatic rings. The van der Waals surface area contributed by atoms with Gasteiger partial charge >= 0.3 is 5.97 Å². The molecule has 0 radical (unpaired) electrons. The van der Waals surface area contributed by atoms with E-state index in [-0.39, 0.29) is 11.4 Å². The van der Waals surface area contributed by atoms with E-state index in [4.69, 9.17) is 4.74 Å². The first-order valence-electron chi connectivity index (χ1n) is 9.94. The number of rotatable bonds is 8. The fourth-order valence-electron chi connectivity index (χ4n) is 3.25. The monoisotopic (exact) mass is 392 g/mol. The van der Waals surface area contributed by atoms with Gasteiger partial charge in [-0.25, -0.2) is 4.79 Å². The number of Topliss-reactive ketones (excluding diaryl/α,β-unsaturated/α-hetero) is 1. The van der Waals surface area contributed by atoms with Crippen molar-refractivity contribution in [1.82, 2.24) is 4.57 Å². The number of nitriles is 1. The lowest BCUT2D eigenvalue weighted by Crippen LogP contribution is -2.25. The Morgan fingerprint density at radius 2 is 1.86 bits per heavy atom. The first kappa shape index (κ1) is 22.2. The molecule has 1 atom stereocenters. The molecule has 0 aliphatic heterocycles. The van der Waals surface area contributed by atoms with E-state index in [1.54, 1.807) is 12.1 Å². The summed E-state index contributed by atoms with van der Waals surface area (Å²) in [7, 11) is 0. The maximum absolute atomic E-state index is 12.5. The molecule has 152 valence electrons. The van der Waals surface area contributed by atoms with E-state index in [2.05, 4.69) is 11.5 Å². The van der Waals surface area contributed by atoms with Crippen molar-refractivity contribution >= 4 is 17.8 Å². The first-order chi connectivity index (χ1) is 13.8. The second-order valence-electron chi connectivity index (χ2n) is 7.11. The highest BCUT2D eigenvalue weighted by molar-refractivity contribution is 6.03. The number of carbonyl (C=O) groups excluding carboxylic acids is 2. The van der Waals surface area contributed by atoms with Crippen LogP contribution < -0.4 is 0 Å². The molecule has 2 rings (SSSR count). The molecule has 5 heteroatoms. The molecule has 0 bridgehead atoms. The molecular weight excluding hydrogens is 364 g/mol. The number of ketones is 1. The molecule has 29 heavy (non-hydrogen) atoms. The van der Waals surface area contributed by atoms with Crippen LogP contribution in [0.25, 0.3) is 6.08 Å². The molecule has 0 aliphatic rings. The van der Waals surface area contributed by atoms with Gasteiger partial charge in [-0.2, -0.15) is 5.26 Å². The van der Waals surface area contributed by atoms with Crippen molar-refractivity contribution < 1.29 is 14.3 Å². The molecule has 0 unspecified atom stereocenters. The SMILES string of the molecule is CCCn1c(C)cc(/C=C(\C#N)C(=O)O[C@H](C)C(=O)c2ccc(CC)cc2)c1C. The van der Waals surface area contributed by atoms with Crippen LogP contribution in [-0.2, 0) is 22.5 Å². The van der Waals surface area contributed by atoms with E-state index in [1.165, 1.54) is 13.0 Å². The molecule has 0 aliphatic carbocycles. The Hall–Kier alpha value is -3.13. The summed E-state index contributed by atoms with van der Waals surface area (Å²) in [6.07, 6.45) is 2.43. The van der Waals surface area contributed by atoms with Crippen LogP contribution in [0.1, 0.15) is 60.1 Å². The normalized spacial score (nSPS) is 12.3. The summed E-state index contributed by atoms with van der Waals surface area (Å²) < 4.78 is 7.44. The van der Waals surface area contributed by atoms with E-state index < -0.39 is 12.1 Å². The number of benzene rings is 1. The van der Waals surface area contributed by atoms with Gasteiger partial charge in [-0.05, 0) is 56.9 Å². The number of aromatic nitrogens is 1. The number of nitrogens with zero attached hydrogens (tertiary/aromatic N) is 2. The van der Waals surface area contributed by atoms with Crippen LogP contribution in [0.2, 0.25) is 0 Å². The van der Waals surface area contributed by atoms with Gasteiger partial charge in [0, 0.05) is 23.5 Å². The highest BCUT2D eigenvalue weighted by Crippen LogP contribution is 2.19. The summed E-state index contributed by atoms with van der Waals surface area (Å²) in [5.41, 5.74) is 4.35. The Balaban J connectivity index is 2.17. The molecule has 0 saturated heterocycles.